The smallest absolute Gasteiger partial charge is 0.301 e. The highest BCUT2D eigenvalue weighted by Gasteiger charge is 2.36. The van der Waals surface area contributed by atoms with Gasteiger partial charge in [0.15, 0.2) is 5.75 Å². The van der Waals surface area contributed by atoms with Gasteiger partial charge in [-0.1, -0.05) is 24.6 Å². The number of aromatic nitrogens is 1. The molecule has 0 unspecified atom stereocenters. The van der Waals surface area contributed by atoms with Crippen LogP contribution >= 0.6 is 34.2 Å². The molecule has 2 aromatic carbocycles. The Morgan fingerprint density at radius 3 is 2.52 bits per heavy atom. The van der Waals surface area contributed by atoms with E-state index in [0.29, 0.717) is 10.1 Å². The van der Waals surface area contributed by atoms with Crippen molar-refractivity contribution in [2.24, 2.45) is 7.05 Å². The standard InChI is InChI=1S/C28H30ClFIN5O5S/c1-4-36(18-11-12-18)42(39,40)34-21-6-5-7-22(24(21)29)41-25-15(2)28(38)35(3)26(23(25)27(37)32-17-9-10-17)33-20-13-8-16(31)14-19(20)30/h5-8,13-14,17-18,33-34H,4,9-12H2,1-3H3,(H,32,37). The maximum atomic E-state index is 14.9. The number of nitrogens with zero attached hydrogens (tertiary/aromatic N) is 2. The van der Waals surface area contributed by atoms with Gasteiger partial charge in [0.25, 0.3) is 11.5 Å². The number of carbonyl (C=O) groups excluding carboxylic acids is 1. The highest BCUT2D eigenvalue weighted by molar-refractivity contribution is 14.1. The molecule has 0 spiro atoms. The lowest BCUT2D eigenvalue weighted by Crippen LogP contribution is -2.37. The third-order valence-corrected chi connectivity index (χ3v) is 9.79. The second kappa shape index (κ2) is 12.0. The number of benzene rings is 2. The fourth-order valence-corrected chi connectivity index (χ4v) is 6.79. The molecule has 224 valence electrons. The van der Waals surface area contributed by atoms with Crippen LogP contribution in [0.15, 0.2) is 41.2 Å². The van der Waals surface area contributed by atoms with Gasteiger partial charge in [0.2, 0.25) is 0 Å². The lowest BCUT2D eigenvalue weighted by molar-refractivity contribution is 0.0948. The van der Waals surface area contributed by atoms with Gasteiger partial charge in [-0.2, -0.15) is 12.7 Å². The van der Waals surface area contributed by atoms with Crippen molar-refractivity contribution in [3.63, 3.8) is 0 Å². The number of carbonyl (C=O) groups is 1. The molecule has 5 rings (SSSR count). The van der Waals surface area contributed by atoms with Crippen molar-refractivity contribution in [3.8, 4) is 11.5 Å². The summed E-state index contributed by atoms with van der Waals surface area (Å²) in [6, 6.07) is 9.00. The summed E-state index contributed by atoms with van der Waals surface area (Å²) < 4.78 is 53.0. The van der Waals surface area contributed by atoms with Crippen LogP contribution in [0.5, 0.6) is 11.5 Å². The fraction of sp³-hybridized carbons (Fsp3) is 0.357. The maximum Gasteiger partial charge on any atom is 0.301 e. The van der Waals surface area contributed by atoms with Crippen LogP contribution in [-0.2, 0) is 17.3 Å². The van der Waals surface area contributed by atoms with E-state index in [1.807, 2.05) is 22.6 Å². The monoisotopic (exact) mass is 729 g/mol. The molecule has 2 fully saturated rings. The fourth-order valence-electron chi connectivity index (χ4n) is 4.56. The number of rotatable bonds is 11. The summed E-state index contributed by atoms with van der Waals surface area (Å²) in [6.45, 7) is 3.58. The summed E-state index contributed by atoms with van der Waals surface area (Å²) in [5.41, 5.74) is -0.255. The van der Waals surface area contributed by atoms with Crippen LogP contribution in [-0.4, -0.2) is 41.8 Å². The van der Waals surface area contributed by atoms with Crippen molar-refractivity contribution in [1.82, 2.24) is 14.2 Å². The SMILES string of the molecule is CCN(C1CC1)S(=O)(=O)Nc1cccc(Oc2c(C(=O)NC3CC3)c(Nc3ccc(I)cc3F)n(C)c(=O)c2C)c1Cl. The minimum Gasteiger partial charge on any atom is -0.454 e. The summed E-state index contributed by atoms with van der Waals surface area (Å²) >= 11 is 8.63. The van der Waals surface area contributed by atoms with E-state index in [2.05, 4.69) is 15.4 Å². The van der Waals surface area contributed by atoms with Crippen LogP contribution in [0.1, 0.15) is 48.5 Å². The minimum atomic E-state index is -3.89. The number of pyridine rings is 1. The third kappa shape index (κ3) is 6.38. The van der Waals surface area contributed by atoms with Crippen molar-refractivity contribution in [2.45, 2.75) is 51.6 Å². The maximum absolute atomic E-state index is 14.9. The first-order valence-electron chi connectivity index (χ1n) is 13.4. The first kappa shape index (κ1) is 30.6. The Labute approximate surface area is 261 Å². The molecular formula is C28H30ClFIN5O5S. The van der Waals surface area contributed by atoms with Crippen LogP contribution in [0, 0.1) is 16.3 Å². The van der Waals surface area contributed by atoms with Gasteiger partial charge in [-0.3, -0.25) is 18.9 Å². The quantitative estimate of drug-likeness (QED) is 0.219. The molecule has 14 heteroatoms. The zero-order valence-electron chi connectivity index (χ0n) is 23.1. The van der Waals surface area contributed by atoms with Gasteiger partial charge < -0.3 is 15.4 Å². The molecule has 1 amide bonds. The minimum absolute atomic E-state index is 0.0209. The number of amides is 1. The molecule has 1 heterocycles. The molecular weight excluding hydrogens is 700 g/mol. The molecule has 0 saturated heterocycles. The van der Waals surface area contributed by atoms with E-state index in [1.54, 1.807) is 19.1 Å². The molecule has 3 N–H and O–H groups in total. The Hall–Kier alpha value is -2.88. The van der Waals surface area contributed by atoms with Gasteiger partial charge in [0, 0.05) is 29.2 Å². The second-order valence-corrected chi connectivity index (χ2v) is 13.5. The van der Waals surface area contributed by atoms with Gasteiger partial charge in [-0.15, -0.1) is 0 Å². The number of halogens is 3. The number of anilines is 3. The molecule has 3 aromatic rings. The molecule has 0 bridgehead atoms. The first-order valence-corrected chi connectivity index (χ1v) is 16.3. The van der Waals surface area contributed by atoms with Crippen molar-refractivity contribution in [1.29, 1.82) is 0 Å². The Kier molecular flexibility index (Phi) is 8.75. The van der Waals surface area contributed by atoms with Crippen molar-refractivity contribution in [2.75, 3.05) is 16.6 Å². The van der Waals surface area contributed by atoms with Crippen LogP contribution in [0.2, 0.25) is 5.02 Å². The molecule has 0 aliphatic heterocycles. The number of ether oxygens (including phenoxy) is 1. The van der Waals surface area contributed by atoms with Crippen molar-refractivity contribution < 1.29 is 22.3 Å². The predicted molar refractivity (Wildman–Crippen MR) is 169 cm³/mol. The average molecular weight is 730 g/mol. The summed E-state index contributed by atoms with van der Waals surface area (Å²) in [5, 5.41) is 5.77. The molecule has 0 atom stereocenters. The van der Waals surface area contributed by atoms with E-state index >= 15 is 0 Å². The Bertz CT molecular complexity index is 1730. The summed E-state index contributed by atoms with van der Waals surface area (Å²) in [5.74, 6) is -1.12. The predicted octanol–water partition coefficient (Wildman–Crippen LogP) is 5.66. The van der Waals surface area contributed by atoms with Crippen molar-refractivity contribution in [3.05, 3.63) is 72.3 Å². The Morgan fingerprint density at radius 1 is 1.19 bits per heavy atom. The highest BCUT2D eigenvalue weighted by atomic mass is 127. The van der Waals surface area contributed by atoms with Crippen LogP contribution in [0.25, 0.3) is 0 Å². The lowest BCUT2D eigenvalue weighted by Gasteiger charge is -2.23. The van der Waals surface area contributed by atoms with E-state index < -0.39 is 27.5 Å². The second-order valence-electron chi connectivity index (χ2n) is 10.3. The molecule has 2 aliphatic rings. The molecule has 42 heavy (non-hydrogen) atoms. The molecule has 1 aromatic heterocycles. The van der Waals surface area contributed by atoms with Gasteiger partial charge in [0.05, 0.1) is 16.9 Å². The Morgan fingerprint density at radius 2 is 1.90 bits per heavy atom. The molecule has 0 radical (unpaired) electrons. The van der Waals surface area contributed by atoms with Crippen LogP contribution in [0.3, 0.4) is 0 Å². The average Bonchev–Trinajstić information content (AvgIpc) is 3.86. The van der Waals surface area contributed by atoms with E-state index in [4.69, 9.17) is 16.3 Å². The van der Waals surface area contributed by atoms with Crippen LogP contribution < -0.4 is 25.7 Å². The Balaban J connectivity index is 1.58. The molecule has 10 nitrogen and oxygen atoms in total. The summed E-state index contributed by atoms with van der Waals surface area (Å²) in [6.07, 6.45) is 3.21. The molecule has 2 aliphatic carbocycles. The normalized spacial score (nSPS) is 15.0. The topological polar surface area (TPSA) is 122 Å². The van der Waals surface area contributed by atoms with Gasteiger partial charge in [-0.25, -0.2) is 4.39 Å². The molecule has 2 saturated carbocycles. The first-order chi connectivity index (χ1) is 19.9. The number of hydrogen-bond acceptors (Lipinski definition) is 6. The summed E-state index contributed by atoms with van der Waals surface area (Å²) in [4.78, 5) is 27.0. The van der Waals surface area contributed by atoms with E-state index in [9.17, 15) is 22.4 Å². The third-order valence-electron chi connectivity index (χ3n) is 7.08. The number of nitrogens with one attached hydrogen (secondary N) is 3. The number of hydrogen-bond donors (Lipinski definition) is 3. The van der Waals surface area contributed by atoms with E-state index in [0.717, 1.165) is 25.7 Å². The largest absolute Gasteiger partial charge is 0.454 e. The van der Waals surface area contributed by atoms with E-state index in [1.165, 1.54) is 47.1 Å². The van der Waals surface area contributed by atoms with E-state index in [-0.39, 0.29) is 56.9 Å². The summed E-state index contributed by atoms with van der Waals surface area (Å²) in [7, 11) is -2.42. The van der Waals surface area contributed by atoms with Gasteiger partial charge >= 0.3 is 10.2 Å². The zero-order valence-corrected chi connectivity index (χ0v) is 26.9. The van der Waals surface area contributed by atoms with Gasteiger partial charge in [-0.05, 0) is 85.5 Å². The zero-order chi connectivity index (χ0) is 30.3. The highest BCUT2D eigenvalue weighted by Crippen LogP contribution is 2.40. The van der Waals surface area contributed by atoms with Crippen LogP contribution in [0.4, 0.5) is 21.6 Å². The van der Waals surface area contributed by atoms with Gasteiger partial charge in [0.1, 0.15) is 28.0 Å². The van der Waals surface area contributed by atoms with Crippen molar-refractivity contribution >= 4 is 67.5 Å². The lowest BCUT2D eigenvalue weighted by atomic mass is 10.1.